The fourth-order valence-corrected chi connectivity index (χ4v) is 2.00. The third-order valence-electron chi connectivity index (χ3n) is 3.03. The molecule has 0 fully saturated rings. The maximum atomic E-state index is 11.1. The third kappa shape index (κ3) is 2.48. The van der Waals surface area contributed by atoms with E-state index in [-0.39, 0.29) is 0 Å². The molecule has 0 aliphatic rings. The molecule has 19 heavy (non-hydrogen) atoms. The highest BCUT2D eigenvalue weighted by Gasteiger charge is 2.09. The van der Waals surface area contributed by atoms with E-state index >= 15 is 0 Å². The van der Waals surface area contributed by atoms with Gasteiger partial charge in [0.05, 0.1) is 24.3 Å². The summed E-state index contributed by atoms with van der Waals surface area (Å²) >= 11 is 0. The largest absolute Gasteiger partial charge is 0.496 e. The predicted molar refractivity (Wildman–Crippen MR) is 73.3 cm³/mol. The van der Waals surface area contributed by atoms with Gasteiger partial charge < -0.3 is 4.74 Å². The van der Waals surface area contributed by atoms with E-state index in [0.29, 0.717) is 16.9 Å². The van der Waals surface area contributed by atoms with E-state index in [2.05, 4.69) is 6.07 Å². The van der Waals surface area contributed by atoms with Crippen LogP contribution >= 0.6 is 0 Å². The van der Waals surface area contributed by atoms with Gasteiger partial charge in [0.25, 0.3) is 0 Å². The van der Waals surface area contributed by atoms with Crippen molar-refractivity contribution in [2.45, 2.75) is 6.92 Å². The summed E-state index contributed by atoms with van der Waals surface area (Å²) in [7, 11) is 1.54. The van der Waals surface area contributed by atoms with E-state index in [9.17, 15) is 4.79 Å². The average Bonchev–Trinajstić information content (AvgIpc) is 2.47. The molecular weight excluding hydrogens is 238 g/mol. The summed E-state index contributed by atoms with van der Waals surface area (Å²) in [4.78, 5) is 11.1. The van der Waals surface area contributed by atoms with Crippen LogP contribution in [0.3, 0.4) is 0 Å². The second-order valence-electron chi connectivity index (χ2n) is 4.22. The molecule has 2 rings (SSSR count). The molecule has 0 saturated carbocycles. The Bertz CT molecular complexity index is 652. The summed E-state index contributed by atoms with van der Waals surface area (Å²) in [6.07, 6.45) is 0.783. The van der Waals surface area contributed by atoms with Gasteiger partial charge in [-0.3, -0.25) is 4.79 Å². The van der Waals surface area contributed by atoms with Gasteiger partial charge >= 0.3 is 0 Å². The first-order chi connectivity index (χ1) is 9.19. The Morgan fingerprint density at radius 2 is 1.89 bits per heavy atom. The molecule has 0 unspecified atom stereocenters. The second-order valence-corrected chi connectivity index (χ2v) is 4.22. The van der Waals surface area contributed by atoms with Gasteiger partial charge in [-0.1, -0.05) is 12.1 Å². The SMILES string of the molecule is COc1cc(C)c(-c2ccc(C#N)cc2)cc1C=O. The number of rotatable bonds is 3. The van der Waals surface area contributed by atoms with Gasteiger partial charge in [-0.15, -0.1) is 0 Å². The van der Waals surface area contributed by atoms with Crippen molar-refractivity contribution >= 4 is 6.29 Å². The number of methoxy groups -OCH3 is 1. The summed E-state index contributed by atoms with van der Waals surface area (Å²) in [6, 6.07) is 13.0. The van der Waals surface area contributed by atoms with Crippen molar-refractivity contribution in [3.05, 3.63) is 53.1 Å². The Hall–Kier alpha value is -2.60. The Labute approximate surface area is 112 Å². The Balaban J connectivity index is 2.55. The fraction of sp³-hybridized carbons (Fsp3) is 0.125. The highest BCUT2D eigenvalue weighted by molar-refractivity contribution is 5.84. The summed E-state index contributed by atoms with van der Waals surface area (Å²) in [5, 5.41) is 8.79. The van der Waals surface area contributed by atoms with Crippen LogP contribution in [0.5, 0.6) is 5.75 Å². The van der Waals surface area contributed by atoms with Crippen LogP contribution in [0.25, 0.3) is 11.1 Å². The number of benzene rings is 2. The average molecular weight is 251 g/mol. The van der Waals surface area contributed by atoms with Crippen LogP contribution in [0.1, 0.15) is 21.5 Å². The molecule has 0 saturated heterocycles. The van der Waals surface area contributed by atoms with Crippen molar-refractivity contribution in [2.75, 3.05) is 7.11 Å². The van der Waals surface area contributed by atoms with E-state index in [4.69, 9.17) is 10.00 Å². The summed E-state index contributed by atoms with van der Waals surface area (Å²) in [5.74, 6) is 0.574. The van der Waals surface area contributed by atoms with E-state index in [0.717, 1.165) is 23.0 Å². The highest BCUT2D eigenvalue weighted by atomic mass is 16.5. The van der Waals surface area contributed by atoms with Gasteiger partial charge in [0, 0.05) is 0 Å². The zero-order valence-corrected chi connectivity index (χ0v) is 10.8. The van der Waals surface area contributed by atoms with Crippen molar-refractivity contribution in [1.82, 2.24) is 0 Å². The number of hydrogen-bond donors (Lipinski definition) is 0. The van der Waals surface area contributed by atoms with Crippen molar-refractivity contribution < 1.29 is 9.53 Å². The number of nitriles is 1. The second kappa shape index (κ2) is 5.36. The van der Waals surface area contributed by atoms with Gasteiger partial charge in [0.2, 0.25) is 0 Å². The third-order valence-corrected chi connectivity index (χ3v) is 3.03. The maximum Gasteiger partial charge on any atom is 0.153 e. The Kier molecular flexibility index (Phi) is 3.63. The van der Waals surface area contributed by atoms with Gasteiger partial charge in [-0.25, -0.2) is 0 Å². The molecule has 0 radical (unpaired) electrons. The van der Waals surface area contributed by atoms with Crippen LogP contribution in [-0.4, -0.2) is 13.4 Å². The van der Waals surface area contributed by atoms with Gasteiger partial charge in [0.15, 0.2) is 6.29 Å². The number of carbonyl (C=O) groups is 1. The molecule has 94 valence electrons. The van der Waals surface area contributed by atoms with Crippen LogP contribution in [-0.2, 0) is 0 Å². The molecule has 0 bridgehead atoms. The van der Waals surface area contributed by atoms with Crippen LogP contribution < -0.4 is 4.74 Å². The minimum absolute atomic E-state index is 0.521. The molecular formula is C16H13NO2. The van der Waals surface area contributed by atoms with Crippen LogP contribution in [0.15, 0.2) is 36.4 Å². The maximum absolute atomic E-state index is 11.1. The lowest BCUT2D eigenvalue weighted by atomic mass is 9.97. The van der Waals surface area contributed by atoms with Crippen LogP contribution in [0.4, 0.5) is 0 Å². The topological polar surface area (TPSA) is 50.1 Å². The summed E-state index contributed by atoms with van der Waals surface area (Å²) in [6.45, 7) is 1.96. The van der Waals surface area contributed by atoms with Crippen LogP contribution in [0.2, 0.25) is 0 Å². The number of ether oxygens (including phenoxy) is 1. The van der Waals surface area contributed by atoms with Gasteiger partial charge in [0.1, 0.15) is 5.75 Å². The van der Waals surface area contributed by atoms with E-state index in [1.54, 1.807) is 19.2 Å². The lowest BCUT2D eigenvalue weighted by molar-refractivity contribution is 0.112. The zero-order valence-electron chi connectivity index (χ0n) is 10.8. The molecule has 0 aliphatic heterocycles. The molecule has 3 heteroatoms. The molecule has 0 aliphatic carbocycles. The number of carbonyl (C=O) groups excluding carboxylic acids is 1. The fourth-order valence-electron chi connectivity index (χ4n) is 2.00. The minimum atomic E-state index is 0.521. The molecule has 2 aromatic carbocycles. The molecule has 0 aromatic heterocycles. The number of aldehydes is 1. The van der Waals surface area contributed by atoms with Crippen molar-refractivity contribution in [2.24, 2.45) is 0 Å². The molecule has 0 N–H and O–H groups in total. The quantitative estimate of drug-likeness (QED) is 0.786. The number of nitrogens with zero attached hydrogens (tertiary/aromatic N) is 1. The molecule has 0 spiro atoms. The molecule has 0 heterocycles. The predicted octanol–water partition coefficient (Wildman–Crippen LogP) is 3.35. The highest BCUT2D eigenvalue weighted by Crippen LogP contribution is 2.29. The first-order valence-electron chi connectivity index (χ1n) is 5.84. The van der Waals surface area contributed by atoms with E-state index in [1.165, 1.54) is 0 Å². The molecule has 0 atom stereocenters. The molecule has 3 nitrogen and oxygen atoms in total. The van der Waals surface area contributed by atoms with Crippen molar-refractivity contribution in [3.8, 4) is 22.9 Å². The van der Waals surface area contributed by atoms with E-state index < -0.39 is 0 Å². The number of aryl methyl sites for hydroxylation is 1. The smallest absolute Gasteiger partial charge is 0.153 e. The van der Waals surface area contributed by atoms with Crippen molar-refractivity contribution in [1.29, 1.82) is 5.26 Å². The van der Waals surface area contributed by atoms with Crippen molar-refractivity contribution in [3.63, 3.8) is 0 Å². The minimum Gasteiger partial charge on any atom is -0.496 e. The summed E-state index contributed by atoms with van der Waals surface area (Å²) in [5.41, 5.74) is 4.10. The Morgan fingerprint density at radius 1 is 1.21 bits per heavy atom. The van der Waals surface area contributed by atoms with Gasteiger partial charge in [-0.2, -0.15) is 5.26 Å². The van der Waals surface area contributed by atoms with Gasteiger partial charge in [-0.05, 0) is 47.9 Å². The first kappa shape index (κ1) is 12.8. The van der Waals surface area contributed by atoms with E-state index in [1.807, 2.05) is 31.2 Å². The summed E-state index contributed by atoms with van der Waals surface area (Å²) < 4.78 is 5.17. The normalized spacial score (nSPS) is 9.74. The first-order valence-corrected chi connectivity index (χ1v) is 5.84. The Morgan fingerprint density at radius 3 is 2.42 bits per heavy atom. The van der Waals surface area contributed by atoms with Crippen LogP contribution in [0, 0.1) is 18.3 Å². The number of hydrogen-bond acceptors (Lipinski definition) is 3. The molecule has 0 amide bonds. The zero-order chi connectivity index (χ0) is 13.8. The lowest BCUT2D eigenvalue weighted by Crippen LogP contribution is -1.94. The monoisotopic (exact) mass is 251 g/mol. The standard InChI is InChI=1S/C16H13NO2/c1-11-7-16(19-2)14(10-18)8-15(11)13-5-3-12(9-17)4-6-13/h3-8,10H,1-2H3. The lowest BCUT2D eigenvalue weighted by Gasteiger charge is -2.11. The molecule has 2 aromatic rings.